The molecule has 0 aliphatic carbocycles. The van der Waals surface area contributed by atoms with Gasteiger partial charge in [0.2, 0.25) is 0 Å². The van der Waals surface area contributed by atoms with Crippen LogP contribution in [0.2, 0.25) is 0 Å². The van der Waals surface area contributed by atoms with E-state index in [2.05, 4.69) is 4.90 Å². The molecule has 106 valence electrons. The second-order valence-corrected chi connectivity index (χ2v) is 4.81. The van der Waals surface area contributed by atoms with Crippen molar-refractivity contribution < 1.29 is 9.18 Å². The van der Waals surface area contributed by atoms with E-state index < -0.39 is 5.82 Å². The number of carbonyl (C=O) groups excluding carboxylic acids is 1. The summed E-state index contributed by atoms with van der Waals surface area (Å²) < 4.78 is 13.3. The Balaban J connectivity index is 2.72. The molecule has 4 nitrogen and oxygen atoms in total. The van der Waals surface area contributed by atoms with Crippen molar-refractivity contribution in [1.29, 1.82) is 0 Å². The van der Waals surface area contributed by atoms with Crippen molar-refractivity contribution in [3.8, 4) is 0 Å². The summed E-state index contributed by atoms with van der Waals surface area (Å²) in [7, 11) is 3.98. The number of nitrogen functional groups attached to an aromatic ring is 1. The summed E-state index contributed by atoms with van der Waals surface area (Å²) in [5.74, 6) is -0.653. The molecular formula is C14H22FN3O. The van der Waals surface area contributed by atoms with Gasteiger partial charge < -0.3 is 15.5 Å². The van der Waals surface area contributed by atoms with Crippen molar-refractivity contribution >= 4 is 11.6 Å². The fourth-order valence-corrected chi connectivity index (χ4v) is 1.90. The summed E-state index contributed by atoms with van der Waals surface area (Å²) in [6, 6.07) is 3.95. The fraction of sp³-hybridized carbons (Fsp3) is 0.500. The molecule has 1 aromatic carbocycles. The van der Waals surface area contributed by atoms with Crippen LogP contribution in [0.1, 0.15) is 23.7 Å². The Bertz CT molecular complexity index is 414. The molecule has 5 heteroatoms. The molecule has 1 rings (SSSR count). The van der Waals surface area contributed by atoms with Gasteiger partial charge in [-0.1, -0.05) is 0 Å². The van der Waals surface area contributed by atoms with Crippen LogP contribution in [0.3, 0.4) is 0 Å². The zero-order valence-electron chi connectivity index (χ0n) is 11.8. The number of nitrogens with two attached hydrogens (primary N) is 1. The second kappa shape index (κ2) is 7.09. The van der Waals surface area contributed by atoms with Gasteiger partial charge in [0.25, 0.3) is 5.91 Å². The quantitative estimate of drug-likeness (QED) is 0.800. The number of rotatable bonds is 6. The Hall–Kier alpha value is -1.62. The van der Waals surface area contributed by atoms with Gasteiger partial charge in [-0.2, -0.15) is 0 Å². The number of benzene rings is 1. The van der Waals surface area contributed by atoms with Crippen molar-refractivity contribution in [3.05, 3.63) is 29.6 Å². The van der Waals surface area contributed by atoms with Crippen LogP contribution in [0.15, 0.2) is 18.2 Å². The Labute approximate surface area is 114 Å². The molecular weight excluding hydrogens is 245 g/mol. The van der Waals surface area contributed by atoms with E-state index in [1.54, 1.807) is 4.90 Å². The summed E-state index contributed by atoms with van der Waals surface area (Å²) in [6.45, 7) is 4.08. The SMILES string of the molecule is CCN(CCCN(C)C)C(=O)c1cc(N)cc(F)c1. The molecule has 0 heterocycles. The van der Waals surface area contributed by atoms with Gasteiger partial charge in [0, 0.05) is 24.3 Å². The van der Waals surface area contributed by atoms with Crippen molar-refractivity contribution in [1.82, 2.24) is 9.80 Å². The molecule has 0 saturated carbocycles. The third-order valence-electron chi connectivity index (χ3n) is 2.87. The van der Waals surface area contributed by atoms with E-state index in [9.17, 15) is 9.18 Å². The molecule has 0 aromatic heterocycles. The summed E-state index contributed by atoms with van der Waals surface area (Å²) >= 11 is 0. The Morgan fingerprint density at radius 2 is 1.95 bits per heavy atom. The predicted octanol–water partition coefficient (Wildman–Crippen LogP) is 1.82. The molecule has 2 N–H and O–H groups in total. The molecule has 1 aromatic rings. The predicted molar refractivity (Wildman–Crippen MR) is 75.6 cm³/mol. The monoisotopic (exact) mass is 267 g/mol. The van der Waals surface area contributed by atoms with Gasteiger partial charge in [-0.05, 0) is 52.2 Å². The molecule has 0 spiro atoms. The van der Waals surface area contributed by atoms with Gasteiger partial charge in [0.05, 0.1) is 0 Å². The number of carbonyl (C=O) groups is 1. The summed E-state index contributed by atoms with van der Waals surface area (Å²) in [6.07, 6.45) is 0.886. The average Bonchev–Trinajstić information content (AvgIpc) is 2.32. The minimum atomic E-state index is -0.479. The Morgan fingerprint density at radius 1 is 1.26 bits per heavy atom. The zero-order valence-corrected chi connectivity index (χ0v) is 11.8. The molecule has 0 aliphatic rings. The number of halogens is 1. The molecule has 0 bridgehead atoms. The molecule has 0 radical (unpaired) electrons. The highest BCUT2D eigenvalue weighted by Crippen LogP contribution is 2.13. The molecule has 0 aliphatic heterocycles. The van der Waals surface area contributed by atoms with Crippen LogP contribution >= 0.6 is 0 Å². The smallest absolute Gasteiger partial charge is 0.254 e. The average molecular weight is 267 g/mol. The first-order chi connectivity index (χ1) is 8.93. The van der Waals surface area contributed by atoms with E-state index in [0.29, 0.717) is 18.7 Å². The zero-order chi connectivity index (χ0) is 14.4. The van der Waals surface area contributed by atoms with E-state index in [4.69, 9.17) is 5.73 Å². The van der Waals surface area contributed by atoms with Crippen molar-refractivity contribution in [2.45, 2.75) is 13.3 Å². The summed E-state index contributed by atoms with van der Waals surface area (Å²) in [4.78, 5) is 16.0. The highest BCUT2D eigenvalue weighted by molar-refractivity contribution is 5.95. The number of anilines is 1. The lowest BCUT2D eigenvalue weighted by atomic mass is 10.1. The highest BCUT2D eigenvalue weighted by Gasteiger charge is 2.15. The third kappa shape index (κ3) is 4.87. The molecule has 0 fully saturated rings. The van der Waals surface area contributed by atoms with Crippen LogP contribution in [0.5, 0.6) is 0 Å². The first kappa shape index (κ1) is 15.4. The lowest BCUT2D eigenvalue weighted by Crippen LogP contribution is -2.33. The van der Waals surface area contributed by atoms with Crippen LogP contribution in [0.4, 0.5) is 10.1 Å². The van der Waals surface area contributed by atoms with Crippen LogP contribution in [0, 0.1) is 5.82 Å². The number of nitrogens with zero attached hydrogens (tertiary/aromatic N) is 2. The van der Waals surface area contributed by atoms with Gasteiger partial charge in [-0.25, -0.2) is 4.39 Å². The maximum Gasteiger partial charge on any atom is 0.254 e. The highest BCUT2D eigenvalue weighted by atomic mass is 19.1. The first-order valence-corrected chi connectivity index (χ1v) is 6.44. The molecule has 0 atom stereocenters. The van der Waals surface area contributed by atoms with E-state index >= 15 is 0 Å². The van der Waals surface area contributed by atoms with Crippen molar-refractivity contribution in [2.75, 3.05) is 39.5 Å². The number of hydrogen-bond donors (Lipinski definition) is 1. The Kier molecular flexibility index (Phi) is 5.76. The largest absolute Gasteiger partial charge is 0.399 e. The lowest BCUT2D eigenvalue weighted by molar-refractivity contribution is 0.0759. The minimum absolute atomic E-state index is 0.174. The van der Waals surface area contributed by atoms with Gasteiger partial charge in [0.1, 0.15) is 5.82 Å². The molecule has 0 saturated heterocycles. The summed E-state index contributed by atoms with van der Waals surface area (Å²) in [5.41, 5.74) is 6.14. The first-order valence-electron chi connectivity index (χ1n) is 6.44. The summed E-state index contributed by atoms with van der Waals surface area (Å²) in [5, 5.41) is 0. The van der Waals surface area contributed by atoms with Crippen molar-refractivity contribution in [3.63, 3.8) is 0 Å². The van der Waals surface area contributed by atoms with Crippen LogP contribution < -0.4 is 5.73 Å². The van der Waals surface area contributed by atoms with E-state index in [0.717, 1.165) is 13.0 Å². The normalized spacial score (nSPS) is 10.8. The Morgan fingerprint density at radius 3 is 2.47 bits per heavy atom. The second-order valence-electron chi connectivity index (χ2n) is 4.81. The molecule has 19 heavy (non-hydrogen) atoms. The lowest BCUT2D eigenvalue weighted by Gasteiger charge is -2.22. The van der Waals surface area contributed by atoms with Crippen molar-refractivity contribution in [2.24, 2.45) is 0 Å². The standard InChI is InChI=1S/C14H22FN3O/c1-4-18(7-5-6-17(2)3)14(19)11-8-12(15)10-13(16)9-11/h8-10H,4-7,16H2,1-3H3. The van der Waals surface area contributed by atoms with E-state index in [1.807, 2.05) is 21.0 Å². The topological polar surface area (TPSA) is 49.6 Å². The van der Waals surface area contributed by atoms with Gasteiger partial charge in [-0.3, -0.25) is 4.79 Å². The maximum absolute atomic E-state index is 13.3. The van der Waals surface area contributed by atoms with E-state index in [1.165, 1.54) is 18.2 Å². The van der Waals surface area contributed by atoms with Gasteiger partial charge in [-0.15, -0.1) is 0 Å². The third-order valence-corrected chi connectivity index (χ3v) is 2.87. The molecule has 0 unspecified atom stereocenters. The van der Waals surface area contributed by atoms with Gasteiger partial charge >= 0.3 is 0 Å². The van der Waals surface area contributed by atoms with E-state index in [-0.39, 0.29) is 11.6 Å². The van der Waals surface area contributed by atoms with Crippen LogP contribution in [-0.4, -0.2) is 49.4 Å². The molecule has 1 amide bonds. The number of amides is 1. The van der Waals surface area contributed by atoms with Gasteiger partial charge in [0.15, 0.2) is 0 Å². The fourth-order valence-electron chi connectivity index (χ4n) is 1.90. The van der Waals surface area contributed by atoms with Crippen LogP contribution in [0.25, 0.3) is 0 Å². The minimum Gasteiger partial charge on any atom is -0.399 e. The van der Waals surface area contributed by atoms with Crippen LogP contribution in [-0.2, 0) is 0 Å². The number of hydrogen-bond acceptors (Lipinski definition) is 3. The maximum atomic E-state index is 13.3.